The second-order valence-electron chi connectivity index (χ2n) is 7.82. The summed E-state index contributed by atoms with van der Waals surface area (Å²) >= 11 is 5.97. The third kappa shape index (κ3) is 4.91. The van der Waals surface area contributed by atoms with Crippen LogP contribution in [0.15, 0.2) is 48.8 Å². The van der Waals surface area contributed by atoms with Crippen LogP contribution in [0.2, 0.25) is 5.02 Å². The summed E-state index contributed by atoms with van der Waals surface area (Å²) in [4.78, 5) is 33.7. The average molecular weight is 453 g/mol. The van der Waals surface area contributed by atoms with Crippen molar-refractivity contribution in [3.8, 4) is 0 Å². The molecule has 3 heterocycles. The number of aromatic nitrogens is 3. The molecule has 1 N–H and O–H groups in total. The fourth-order valence-electron chi connectivity index (χ4n) is 3.88. The van der Waals surface area contributed by atoms with Gasteiger partial charge in [-0.25, -0.2) is 0 Å². The predicted octanol–water partition coefficient (Wildman–Crippen LogP) is 3.15. The van der Waals surface area contributed by atoms with Gasteiger partial charge in [0.25, 0.3) is 5.91 Å². The standard InChI is InChI=1S/C23H25ClN6O2/c1-16-11-17(2)30(27-16)15-22(31)29-9-7-28(8-10-29)21-6-4-3-5-20(21)23(32)26-19-12-18(24)13-25-14-19/h3-6,11-14H,7-10,15H2,1-2H3,(H,26,32). The molecule has 0 aliphatic carbocycles. The van der Waals surface area contributed by atoms with Gasteiger partial charge < -0.3 is 15.1 Å². The van der Waals surface area contributed by atoms with Crippen LogP contribution in [0.3, 0.4) is 0 Å². The largest absolute Gasteiger partial charge is 0.367 e. The van der Waals surface area contributed by atoms with Crippen LogP contribution in [-0.2, 0) is 11.3 Å². The summed E-state index contributed by atoms with van der Waals surface area (Å²) in [5.74, 6) is -0.178. The first kappa shape index (κ1) is 21.8. The maximum absolute atomic E-state index is 12.9. The van der Waals surface area contributed by atoms with E-state index < -0.39 is 0 Å². The first-order valence-corrected chi connectivity index (χ1v) is 10.8. The zero-order valence-electron chi connectivity index (χ0n) is 18.1. The summed E-state index contributed by atoms with van der Waals surface area (Å²) in [5.41, 5.74) is 3.82. The molecule has 166 valence electrons. The van der Waals surface area contributed by atoms with Gasteiger partial charge in [0.2, 0.25) is 5.91 Å². The molecule has 32 heavy (non-hydrogen) atoms. The predicted molar refractivity (Wildman–Crippen MR) is 124 cm³/mol. The van der Waals surface area contributed by atoms with Crippen molar-refractivity contribution in [3.63, 3.8) is 0 Å². The number of carbonyl (C=O) groups is 2. The number of para-hydroxylation sites is 1. The molecule has 0 atom stereocenters. The Balaban J connectivity index is 1.41. The number of aryl methyl sites for hydroxylation is 2. The van der Waals surface area contributed by atoms with Crippen LogP contribution in [0.5, 0.6) is 0 Å². The number of benzene rings is 1. The molecule has 1 fully saturated rings. The second kappa shape index (κ2) is 9.40. The van der Waals surface area contributed by atoms with E-state index in [1.165, 1.54) is 6.20 Å². The maximum atomic E-state index is 12.9. The number of nitrogens with zero attached hydrogens (tertiary/aromatic N) is 5. The van der Waals surface area contributed by atoms with Crippen LogP contribution in [0.25, 0.3) is 0 Å². The molecule has 1 aliphatic heterocycles. The molecule has 2 amide bonds. The minimum atomic E-state index is -0.229. The van der Waals surface area contributed by atoms with Crippen molar-refractivity contribution in [3.05, 3.63) is 70.8 Å². The van der Waals surface area contributed by atoms with Crippen LogP contribution in [-0.4, -0.2) is 57.7 Å². The Bertz CT molecular complexity index is 1140. The lowest BCUT2D eigenvalue weighted by Gasteiger charge is -2.37. The third-order valence-corrected chi connectivity index (χ3v) is 5.68. The molecule has 9 heteroatoms. The van der Waals surface area contributed by atoms with Gasteiger partial charge in [-0.15, -0.1) is 0 Å². The van der Waals surface area contributed by atoms with Gasteiger partial charge in [0.05, 0.1) is 28.2 Å². The summed E-state index contributed by atoms with van der Waals surface area (Å²) in [7, 11) is 0. The monoisotopic (exact) mass is 452 g/mol. The third-order valence-electron chi connectivity index (χ3n) is 5.47. The molecule has 0 unspecified atom stereocenters. The number of piperazine rings is 1. The summed E-state index contributed by atoms with van der Waals surface area (Å²) in [6.07, 6.45) is 3.07. The highest BCUT2D eigenvalue weighted by Gasteiger charge is 2.24. The minimum absolute atomic E-state index is 0.0512. The van der Waals surface area contributed by atoms with Gasteiger partial charge in [-0.3, -0.25) is 19.3 Å². The molecular formula is C23H25ClN6O2. The van der Waals surface area contributed by atoms with Crippen molar-refractivity contribution in [1.82, 2.24) is 19.7 Å². The van der Waals surface area contributed by atoms with Crippen molar-refractivity contribution in [2.45, 2.75) is 20.4 Å². The van der Waals surface area contributed by atoms with Crippen molar-refractivity contribution in [1.29, 1.82) is 0 Å². The molecular weight excluding hydrogens is 428 g/mol. The van der Waals surface area contributed by atoms with E-state index in [2.05, 4.69) is 20.3 Å². The van der Waals surface area contributed by atoms with Crippen LogP contribution in [0.4, 0.5) is 11.4 Å². The number of halogens is 1. The molecule has 1 aromatic carbocycles. The Morgan fingerprint density at radius 3 is 2.50 bits per heavy atom. The van der Waals surface area contributed by atoms with E-state index in [4.69, 9.17) is 11.6 Å². The molecule has 0 saturated carbocycles. The average Bonchev–Trinajstić information content (AvgIpc) is 3.10. The summed E-state index contributed by atoms with van der Waals surface area (Å²) in [6.45, 7) is 6.58. The fourth-order valence-corrected chi connectivity index (χ4v) is 4.05. The smallest absolute Gasteiger partial charge is 0.257 e. The molecule has 3 aromatic rings. The van der Waals surface area contributed by atoms with E-state index in [0.717, 1.165) is 17.1 Å². The van der Waals surface area contributed by atoms with E-state index in [1.54, 1.807) is 23.0 Å². The molecule has 4 rings (SSSR count). The van der Waals surface area contributed by atoms with Crippen molar-refractivity contribution in [2.24, 2.45) is 0 Å². The quantitative estimate of drug-likeness (QED) is 0.643. The maximum Gasteiger partial charge on any atom is 0.257 e. The fraction of sp³-hybridized carbons (Fsp3) is 0.304. The van der Waals surface area contributed by atoms with Gasteiger partial charge in [0, 0.05) is 43.8 Å². The lowest BCUT2D eigenvalue weighted by atomic mass is 10.1. The van der Waals surface area contributed by atoms with Gasteiger partial charge in [-0.2, -0.15) is 5.10 Å². The van der Waals surface area contributed by atoms with Gasteiger partial charge >= 0.3 is 0 Å². The summed E-state index contributed by atoms with van der Waals surface area (Å²) in [6, 6.07) is 11.1. The number of carbonyl (C=O) groups excluding carboxylic acids is 2. The lowest BCUT2D eigenvalue weighted by molar-refractivity contribution is -0.132. The number of hydrogen-bond acceptors (Lipinski definition) is 5. The Hall–Kier alpha value is -3.39. The molecule has 0 radical (unpaired) electrons. The molecule has 1 aliphatic rings. The number of pyridine rings is 1. The molecule has 1 saturated heterocycles. The van der Waals surface area contributed by atoms with E-state index in [-0.39, 0.29) is 18.4 Å². The zero-order valence-corrected chi connectivity index (χ0v) is 18.8. The summed E-state index contributed by atoms with van der Waals surface area (Å²) < 4.78 is 1.74. The Kier molecular flexibility index (Phi) is 6.41. The lowest BCUT2D eigenvalue weighted by Crippen LogP contribution is -2.50. The minimum Gasteiger partial charge on any atom is -0.367 e. The number of anilines is 2. The summed E-state index contributed by atoms with van der Waals surface area (Å²) in [5, 5.41) is 7.69. The highest BCUT2D eigenvalue weighted by atomic mass is 35.5. The molecule has 0 bridgehead atoms. The second-order valence-corrected chi connectivity index (χ2v) is 8.25. The highest BCUT2D eigenvalue weighted by Crippen LogP contribution is 2.24. The number of rotatable bonds is 5. The highest BCUT2D eigenvalue weighted by molar-refractivity contribution is 6.30. The van der Waals surface area contributed by atoms with Crippen molar-refractivity contribution >= 4 is 34.8 Å². The van der Waals surface area contributed by atoms with Gasteiger partial charge in [0.15, 0.2) is 0 Å². The Labute approximate surface area is 191 Å². The SMILES string of the molecule is Cc1cc(C)n(CC(=O)N2CCN(c3ccccc3C(=O)Nc3cncc(Cl)c3)CC2)n1. The van der Waals surface area contributed by atoms with E-state index in [1.807, 2.05) is 43.0 Å². The molecule has 2 aromatic heterocycles. The van der Waals surface area contributed by atoms with Gasteiger partial charge in [-0.05, 0) is 38.1 Å². The van der Waals surface area contributed by atoms with E-state index >= 15 is 0 Å². The Morgan fingerprint density at radius 1 is 1.06 bits per heavy atom. The van der Waals surface area contributed by atoms with Crippen molar-refractivity contribution < 1.29 is 9.59 Å². The number of amides is 2. The molecule has 0 spiro atoms. The van der Waals surface area contributed by atoms with Gasteiger partial charge in [-0.1, -0.05) is 23.7 Å². The van der Waals surface area contributed by atoms with Crippen LogP contribution >= 0.6 is 11.6 Å². The first-order valence-electron chi connectivity index (χ1n) is 10.5. The number of hydrogen-bond donors (Lipinski definition) is 1. The Morgan fingerprint density at radius 2 is 1.81 bits per heavy atom. The topological polar surface area (TPSA) is 83.4 Å². The van der Waals surface area contributed by atoms with E-state index in [0.29, 0.717) is 42.5 Å². The van der Waals surface area contributed by atoms with Crippen molar-refractivity contribution in [2.75, 3.05) is 36.4 Å². The number of nitrogens with one attached hydrogen (secondary N) is 1. The van der Waals surface area contributed by atoms with Gasteiger partial charge in [0.1, 0.15) is 6.54 Å². The van der Waals surface area contributed by atoms with Crippen LogP contribution in [0.1, 0.15) is 21.7 Å². The van der Waals surface area contributed by atoms with Crippen LogP contribution in [0, 0.1) is 13.8 Å². The van der Waals surface area contributed by atoms with Crippen LogP contribution < -0.4 is 10.2 Å². The molecule has 8 nitrogen and oxygen atoms in total. The first-order chi connectivity index (χ1) is 15.4. The van der Waals surface area contributed by atoms with E-state index in [9.17, 15) is 9.59 Å². The zero-order chi connectivity index (χ0) is 22.7. The normalized spacial score (nSPS) is 13.8.